The van der Waals surface area contributed by atoms with Gasteiger partial charge in [-0.2, -0.15) is 5.10 Å². The zero-order chi connectivity index (χ0) is 22.5. The molecule has 166 valence electrons. The molecule has 9 nitrogen and oxygen atoms in total. The highest BCUT2D eigenvalue weighted by molar-refractivity contribution is 5.76. The molecular weight excluding hydrogens is 408 g/mol. The second kappa shape index (κ2) is 9.59. The van der Waals surface area contributed by atoms with Crippen LogP contribution in [0, 0.1) is 6.92 Å². The molecule has 2 aromatic heterocycles. The van der Waals surface area contributed by atoms with Crippen LogP contribution in [0.5, 0.6) is 5.75 Å². The molecule has 3 heterocycles. The molecule has 0 N–H and O–H groups in total. The van der Waals surface area contributed by atoms with Gasteiger partial charge in [0.15, 0.2) is 0 Å². The molecule has 0 aliphatic carbocycles. The number of piperazine rings is 1. The van der Waals surface area contributed by atoms with Crippen molar-refractivity contribution < 1.29 is 9.53 Å². The van der Waals surface area contributed by atoms with E-state index < -0.39 is 0 Å². The van der Waals surface area contributed by atoms with Crippen LogP contribution >= 0.6 is 0 Å². The maximum absolute atomic E-state index is 12.7. The number of hydrogen-bond donors (Lipinski definition) is 0. The van der Waals surface area contributed by atoms with Crippen LogP contribution in [0.15, 0.2) is 53.6 Å². The Balaban J connectivity index is 1.39. The van der Waals surface area contributed by atoms with Crippen LogP contribution in [0.3, 0.4) is 0 Å². The molecule has 1 aromatic carbocycles. The maximum atomic E-state index is 12.7. The predicted octanol–water partition coefficient (Wildman–Crippen LogP) is 1.76. The molecule has 3 aromatic rings. The number of benzene rings is 1. The fourth-order valence-corrected chi connectivity index (χ4v) is 3.64. The quantitative estimate of drug-likeness (QED) is 0.584. The van der Waals surface area contributed by atoms with Crippen molar-refractivity contribution in [1.29, 1.82) is 0 Å². The summed E-state index contributed by atoms with van der Waals surface area (Å²) < 4.78 is 6.72. The van der Waals surface area contributed by atoms with E-state index in [-0.39, 0.29) is 18.0 Å². The maximum Gasteiger partial charge on any atom is 0.267 e. The van der Waals surface area contributed by atoms with Gasteiger partial charge in [0.05, 0.1) is 18.0 Å². The summed E-state index contributed by atoms with van der Waals surface area (Å²) in [6, 6.07) is 12.9. The minimum atomic E-state index is -0.273. The van der Waals surface area contributed by atoms with Crippen molar-refractivity contribution in [2.75, 3.05) is 37.7 Å². The summed E-state index contributed by atoms with van der Waals surface area (Å²) in [4.78, 5) is 37.3. The van der Waals surface area contributed by atoms with Gasteiger partial charge in [-0.15, -0.1) is 0 Å². The summed E-state index contributed by atoms with van der Waals surface area (Å²) >= 11 is 0. The summed E-state index contributed by atoms with van der Waals surface area (Å²) in [6.07, 6.45) is 1.56. The van der Waals surface area contributed by atoms with Crippen molar-refractivity contribution in [2.24, 2.45) is 0 Å². The lowest BCUT2D eigenvalue weighted by molar-refractivity contribution is -0.132. The lowest BCUT2D eigenvalue weighted by Gasteiger charge is -2.35. The van der Waals surface area contributed by atoms with Crippen LogP contribution in [-0.4, -0.2) is 63.3 Å². The molecule has 0 radical (unpaired) electrons. The van der Waals surface area contributed by atoms with Gasteiger partial charge >= 0.3 is 0 Å². The van der Waals surface area contributed by atoms with Gasteiger partial charge in [-0.05, 0) is 44.2 Å². The first kappa shape index (κ1) is 21.5. The molecule has 0 atom stereocenters. The van der Waals surface area contributed by atoms with E-state index >= 15 is 0 Å². The molecule has 0 saturated carbocycles. The average Bonchev–Trinajstić information content (AvgIpc) is 2.82. The van der Waals surface area contributed by atoms with Crippen LogP contribution in [0.1, 0.15) is 12.6 Å². The summed E-state index contributed by atoms with van der Waals surface area (Å²) in [7, 11) is 0. The van der Waals surface area contributed by atoms with Gasteiger partial charge in [0, 0.05) is 43.9 Å². The Hall–Kier alpha value is -3.75. The average molecular weight is 435 g/mol. The Kier molecular flexibility index (Phi) is 6.44. The van der Waals surface area contributed by atoms with E-state index in [1.54, 1.807) is 24.2 Å². The fourth-order valence-electron chi connectivity index (χ4n) is 3.64. The first-order valence-corrected chi connectivity index (χ1v) is 10.7. The van der Waals surface area contributed by atoms with Crippen LogP contribution < -0.4 is 15.2 Å². The lowest BCUT2D eigenvalue weighted by Crippen LogP contribution is -2.50. The fraction of sp³-hybridized carbons (Fsp3) is 0.348. The zero-order valence-electron chi connectivity index (χ0n) is 18.3. The number of ether oxygens (including phenoxy) is 1. The molecule has 1 saturated heterocycles. The van der Waals surface area contributed by atoms with E-state index in [9.17, 15) is 9.59 Å². The van der Waals surface area contributed by atoms with E-state index in [0.717, 1.165) is 22.8 Å². The predicted molar refractivity (Wildman–Crippen MR) is 121 cm³/mol. The van der Waals surface area contributed by atoms with E-state index in [2.05, 4.69) is 20.0 Å². The highest BCUT2D eigenvalue weighted by Crippen LogP contribution is 2.24. The van der Waals surface area contributed by atoms with Crippen molar-refractivity contribution in [1.82, 2.24) is 24.6 Å². The molecule has 1 fully saturated rings. The number of aromatic nitrogens is 4. The van der Waals surface area contributed by atoms with Gasteiger partial charge in [0.25, 0.3) is 5.56 Å². The Labute approximate surface area is 186 Å². The Morgan fingerprint density at radius 1 is 1.03 bits per heavy atom. The van der Waals surface area contributed by atoms with Crippen molar-refractivity contribution in [3.05, 3.63) is 64.8 Å². The second-order valence-corrected chi connectivity index (χ2v) is 7.56. The highest BCUT2D eigenvalue weighted by atomic mass is 16.5. The third kappa shape index (κ3) is 4.93. The first-order valence-electron chi connectivity index (χ1n) is 10.7. The first-order chi connectivity index (χ1) is 15.5. The molecule has 1 aliphatic rings. The van der Waals surface area contributed by atoms with E-state index in [1.165, 1.54) is 10.7 Å². The normalized spacial score (nSPS) is 13.8. The monoisotopic (exact) mass is 434 g/mol. The topological polar surface area (TPSA) is 93.5 Å². The SMILES string of the molecule is CCOc1ccc(-c2cc(N3CCN(C(=O)Cn4nc(C)ccc4=O)CC3)ncn2)cc1. The molecule has 4 rings (SSSR count). The van der Waals surface area contributed by atoms with Crippen LogP contribution in [-0.2, 0) is 11.3 Å². The van der Waals surface area contributed by atoms with Crippen LogP contribution in [0.2, 0.25) is 0 Å². The molecule has 0 bridgehead atoms. The minimum Gasteiger partial charge on any atom is -0.494 e. The lowest BCUT2D eigenvalue weighted by atomic mass is 10.1. The summed E-state index contributed by atoms with van der Waals surface area (Å²) in [5.41, 5.74) is 2.25. The number of carbonyl (C=O) groups excluding carboxylic acids is 1. The zero-order valence-corrected chi connectivity index (χ0v) is 18.3. The number of nitrogens with zero attached hydrogens (tertiary/aromatic N) is 6. The van der Waals surface area contributed by atoms with Gasteiger partial charge in [-0.25, -0.2) is 14.6 Å². The van der Waals surface area contributed by atoms with E-state index in [0.29, 0.717) is 38.5 Å². The molecule has 32 heavy (non-hydrogen) atoms. The van der Waals surface area contributed by atoms with E-state index in [4.69, 9.17) is 4.74 Å². The van der Waals surface area contributed by atoms with Crippen molar-refractivity contribution in [2.45, 2.75) is 20.4 Å². The van der Waals surface area contributed by atoms with Crippen LogP contribution in [0.25, 0.3) is 11.3 Å². The number of amides is 1. The molecule has 1 aliphatic heterocycles. The summed E-state index contributed by atoms with van der Waals surface area (Å²) in [6.45, 7) is 6.76. The Morgan fingerprint density at radius 3 is 2.50 bits per heavy atom. The van der Waals surface area contributed by atoms with Crippen molar-refractivity contribution >= 4 is 11.7 Å². The van der Waals surface area contributed by atoms with Gasteiger partial charge in [-0.3, -0.25) is 9.59 Å². The Bertz CT molecular complexity index is 1140. The number of anilines is 1. The number of hydrogen-bond acceptors (Lipinski definition) is 7. The van der Waals surface area contributed by atoms with Crippen LogP contribution in [0.4, 0.5) is 5.82 Å². The molecule has 0 unspecified atom stereocenters. The molecule has 9 heteroatoms. The number of aryl methyl sites for hydroxylation is 1. The number of rotatable bonds is 6. The molecule has 1 amide bonds. The van der Waals surface area contributed by atoms with Gasteiger partial charge in [-0.1, -0.05) is 0 Å². The van der Waals surface area contributed by atoms with Crippen molar-refractivity contribution in [3.8, 4) is 17.0 Å². The Morgan fingerprint density at radius 2 is 1.78 bits per heavy atom. The third-order valence-electron chi connectivity index (χ3n) is 5.36. The standard InChI is InChI=1S/C23H26N6O3/c1-3-32-19-7-5-18(6-8-19)20-14-21(25-16-24-20)27-10-12-28(13-11-27)23(31)15-29-22(30)9-4-17(2)26-29/h4-9,14,16H,3,10-13,15H2,1-2H3. The molecule has 0 spiro atoms. The second-order valence-electron chi connectivity index (χ2n) is 7.56. The third-order valence-corrected chi connectivity index (χ3v) is 5.36. The largest absolute Gasteiger partial charge is 0.494 e. The highest BCUT2D eigenvalue weighted by Gasteiger charge is 2.23. The van der Waals surface area contributed by atoms with E-state index in [1.807, 2.05) is 37.3 Å². The summed E-state index contributed by atoms with van der Waals surface area (Å²) in [5.74, 6) is 1.55. The smallest absolute Gasteiger partial charge is 0.267 e. The minimum absolute atomic E-state index is 0.0457. The molecular formula is C23H26N6O3. The number of carbonyl (C=O) groups is 1. The summed E-state index contributed by atoms with van der Waals surface area (Å²) in [5, 5.41) is 4.15. The van der Waals surface area contributed by atoms with Gasteiger partial charge < -0.3 is 14.5 Å². The van der Waals surface area contributed by atoms with Crippen molar-refractivity contribution in [3.63, 3.8) is 0 Å². The van der Waals surface area contributed by atoms with Gasteiger partial charge in [0.1, 0.15) is 24.4 Å². The van der Waals surface area contributed by atoms with Gasteiger partial charge in [0.2, 0.25) is 5.91 Å².